The normalized spacial score (nSPS) is 17.3. The molecule has 0 aromatic heterocycles. The molecule has 0 unspecified atom stereocenters. The lowest BCUT2D eigenvalue weighted by molar-refractivity contribution is 0.247. The fraction of sp³-hybridized carbons (Fsp3) is 1.00. The largest absolute Gasteiger partial charge is 0.326 e. The maximum absolute atomic E-state index is 11.3. The van der Waals surface area contributed by atoms with Crippen LogP contribution in [-0.4, -0.2) is 24.8 Å². The molecule has 0 aliphatic carbocycles. The lowest BCUT2D eigenvalue weighted by Gasteiger charge is -2.14. The molecule has 0 aliphatic heterocycles. The van der Waals surface area contributed by atoms with Crippen LogP contribution in [0.15, 0.2) is 0 Å². The van der Waals surface area contributed by atoms with Crippen LogP contribution in [-0.2, 0) is 9.09 Å². The van der Waals surface area contributed by atoms with E-state index in [0.29, 0.717) is 12.0 Å². The molecule has 0 amide bonds. The minimum Gasteiger partial charge on any atom is -0.326 e. The summed E-state index contributed by atoms with van der Waals surface area (Å²) in [7, 11) is -2.38. The molecule has 0 saturated carbocycles. The first-order valence-corrected chi connectivity index (χ1v) is 6.08. The van der Waals surface area contributed by atoms with E-state index in [1.807, 2.05) is 13.8 Å². The van der Waals surface area contributed by atoms with E-state index in [9.17, 15) is 4.57 Å². The Kier molecular flexibility index (Phi) is 4.59. The first-order valence-electron chi connectivity index (χ1n) is 3.29. The lowest BCUT2D eigenvalue weighted by atomic mass is 10.5. The van der Waals surface area contributed by atoms with Crippen LogP contribution in [0.5, 0.6) is 0 Å². The van der Waals surface area contributed by atoms with Gasteiger partial charge in [-0.05, 0) is 13.8 Å². The molecule has 0 bridgehead atoms. The van der Waals surface area contributed by atoms with Crippen LogP contribution in [0.4, 0.5) is 0 Å². The van der Waals surface area contributed by atoms with Crippen LogP contribution in [0.1, 0.15) is 13.8 Å². The number of hydrogen-bond donors (Lipinski definition) is 0. The summed E-state index contributed by atoms with van der Waals surface area (Å²) in [6.07, 6.45) is 0.492. The second-order valence-electron chi connectivity index (χ2n) is 2.58. The van der Waals surface area contributed by atoms with Gasteiger partial charge >= 0.3 is 0 Å². The van der Waals surface area contributed by atoms with Crippen molar-refractivity contribution in [3.63, 3.8) is 0 Å². The van der Waals surface area contributed by atoms with Crippen LogP contribution in [0.3, 0.4) is 0 Å². The predicted octanol–water partition coefficient (Wildman–Crippen LogP) is 2.56. The predicted molar refractivity (Wildman–Crippen MR) is 45.3 cm³/mol. The van der Waals surface area contributed by atoms with Crippen molar-refractivity contribution in [3.8, 4) is 0 Å². The van der Waals surface area contributed by atoms with Gasteiger partial charge in [0.2, 0.25) is 7.37 Å². The molecule has 4 heteroatoms. The number of rotatable bonds is 4. The van der Waals surface area contributed by atoms with Crippen molar-refractivity contribution in [2.24, 2.45) is 0 Å². The molecule has 1 atom stereocenters. The molecule has 0 spiro atoms. The summed E-state index contributed by atoms with van der Waals surface area (Å²) in [5.74, 6) is 0.403. The van der Waals surface area contributed by atoms with E-state index >= 15 is 0 Å². The topological polar surface area (TPSA) is 26.3 Å². The van der Waals surface area contributed by atoms with Crippen molar-refractivity contribution in [2.75, 3.05) is 18.7 Å². The standard InChI is InChI=1S/C6H14ClO2P/c1-6(2)9-10(3,8)5-4-7/h6H,4-5H2,1-3H3/t10-/m1/s1. The Morgan fingerprint density at radius 3 is 2.40 bits per heavy atom. The maximum Gasteiger partial charge on any atom is 0.201 e. The molecule has 10 heavy (non-hydrogen) atoms. The Labute approximate surface area is 67.4 Å². The van der Waals surface area contributed by atoms with Crippen molar-refractivity contribution in [2.45, 2.75) is 20.0 Å². The lowest BCUT2D eigenvalue weighted by Crippen LogP contribution is -2.02. The summed E-state index contributed by atoms with van der Waals surface area (Å²) in [5.41, 5.74) is 0. The third-order valence-electron chi connectivity index (χ3n) is 0.924. The first-order chi connectivity index (χ1) is 4.48. The zero-order valence-electron chi connectivity index (χ0n) is 6.63. The number of hydrogen-bond acceptors (Lipinski definition) is 2. The molecular weight excluding hydrogens is 170 g/mol. The van der Waals surface area contributed by atoms with Gasteiger partial charge in [-0.3, -0.25) is 4.57 Å². The van der Waals surface area contributed by atoms with E-state index in [2.05, 4.69) is 0 Å². The Morgan fingerprint density at radius 2 is 2.10 bits per heavy atom. The van der Waals surface area contributed by atoms with Crippen LogP contribution in [0.2, 0.25) is 0 Å². The summed E-state index contributed by atoms with van der Waals surface area (Å²) in [4.78, 5) is 0. The summed E-state index contributed by atoms with van der Waals surface area (Å²) in [6.45, 7) is 5.35. The van der Waals surface area contributed by atoms with Gasteiger partial charge in [-0.25, -0.2) is 0 Å². The average Bonchev–Trinajstić information content (AvgIpc) is 1.59. The number of halogens is 1. The van der Waals surface area contributed by atoms with Crippen molar-refractivity contribution < 1.29 is 9.09 Å². The molecule has 0 aromatic rings. The summed E-state index contributed by atoms with van der Waals surface area (Å²) in [6, 6.07) is 0. The van der Waals surface area contributed by atoms with Gasteiger partial charge in [0.25, 0.3) is 0 Å². The Hall–Kier alpha value is 0.480. The van der Waals surface area contributed by atoms with Crippen molar-refractivity contribution in [1.29, 1.82) is 0 Å². The van der Waals surface area contributed by atoms with Gasteiger partial charge in [-0.2, -0.15) is 0 Å². The summed E-state index contributed by atoms with van der Waals surface area (Å²) < 4.78 is 16.5. The fourth-order valence-corrected chi connectivity index (χ4v) is 2.88. The van der Waals surface area contributed by atoms with Gasteiger partial charge in [-0.1, -0.05) is 0 Å². The van der Waals surface area contributed by atoms with Gasteiger partial charge in [0, 0.05) is 18.7 Å². The summed E-state index contributed by atoms with van der Waals surface area (Å²) in [5, 5.41) is 0. The van der Waals surface area contributed by atoms with Crippen LogP contribution >= 0.6 is 19.0 Å². The Bertz CT molecular complexity index is 136. The second-order valence-corrected chi connectivity index (χ2v) is 5.65. The highest BCUT2D eigenvalue weighted by molar-refractivity contribution is 7.58. The van der Waals surface area contributed by atoms with Crippen molar-refractivity contribution in [3.05, 3.63) is 0 Å². The molecule has 0 saturated heterocycles. The zero-order chi connectivity index (χ0) is 8.20. The third-order valence-corrected chi connectivity index (χ3v) is 3.28. The van der Waals surface area contributed by atoms with Crippen LogP contribution < -0.4 is 0 Å². The number of alkyl halides is 1. The summed E-state index contributed by atoms with van der Waals surface area (Å²) >= 11 is 5.42. The van der Waals surface area contributed by atoms with Gasteiger partial charge in [0.05, 0.1) is 6.10 Å². The van der Waals surface area contributed by atoms with Crippen molar-refractivity contribution in [1.82, 2.24) is 0 Å². The maximum atomic E-state index is 11.3. The molecule has 0 aliphatic rings. The molecule has 0 rings (SSSR count). The highest BCUT2D eigenvalue weighted by atomic mass is 35.5. The van der Waals surface area contributed by atoms with E-state index in [0.717, 1.165) is 0 Å². The molecule has 62 valence electrons. The third kappa shape index (κ3) is 5.28. The van der Waals surface area contributed by atoms with Gasteiger partial charge in [0.15, 0.2) is 0 Å². The molecule has 0 fully saturated rings. The molecule has 0 radical (unpaired) electrons. The van der Waals surface area contributed by atoms with Crippen LogP contribution in [0, 0.1) is 0 Å². The van der Waals surface area contributed by atoms with Gasteiger partial charge in [-0.15, -0.1) is 11.6 Å². The molecular formula is C6H14ClO2P. The average molecular weight is 185 g/mol. The van der Waals surface area contributed by atoms with E-state index in [1.54, 1.807) is 6.66 Å². The van der Waals surface area contributed by atoms with Crippen molar-refractivity contribution >= 4 is 19.0 Å². The second kappa shape index (κ2) is 4.38. The highest BCUT2D eigenvalue weighted by Crippen LogP contribution is 2.43. The molecule has 0 N–H and O–H groups in total. The molecule has 2 nitrogen and oxygen atoms in total. The molecule has 0 aromatic carbocycles. The SMILES string of the molecule is CC(C)O[P@@](C)(=O)CCCl. The zero-order valence-corrected chi connectivity index (χ0v) is 8.28. The fourth-order valence-electron chi connectivity index (χ4n) is 0.652. The smallest absolute Gasteiger partial charge is 0.201 e. The van der Waals surface area contributed by atoms with Gasteiger partial charge in [0.1, 0.15) is 0 Å². The van der Waals surface area contributed by atoms with Crippen LogP contribution in [0.25, 0.3) is 0 Å². The van der Waals surface area contributed by atoms with E-state index in [1.165, 1.54) is 0 Å². The quantitative estimate of drug-likeness (QED) is 0.496. The van der Waals surface area contributed by atoms with E-state index in [4.69, 9.17) is 16.1 Å². The minimum absolute atomic E-state index is 0.0269. The van der Waals surface area contributed by atoms with Gasteiger partial charge < -0.3 is 4.52 Å². The minimum atomic E-state index is -2.38. The Balaban J connectivity index is 3.75. The highest BCUT2D eigenvalue weighted by Gasteiger charge is 2.15. The van der Waals surface area contributed by atoms with E-state index in [-0.39, 0.29) is 6.10 Å². The van der Waals surface area contributed by atoms with E-state index < -0.39 is 7.37 Å². The first kappa shape index (κ1) is 10.5. The molecule has 0 heterocycles. The Morgan fingerprint density at radius 1 is 1.60 bits per heavy atom. The monoisotopic (exact) mass is 184 g/mol.